The fourth-order valence-electron chi connectivity index (χ4n) is 2.24. The highest BCUT2D eigenvalue weighted by Crippen LogP contribution is 2.33. The van der Waals surface area contributed by atoms with E-state index in [1.165, 1.54) is 12.1 Å². The molecule has 3 aromatic rings. The zero-order chi connectivity index (χ0) is 16.6. The van der Waals surface area contributed by atoms with Gasteiger partial charge < -0.3 is 9.73 Å². The van der Waals surface area contributed by atoms with E-state index < -0.39 is 22.3 Å². The molecule has 1 N–H and O–H groups in total. The van der Waals surface area contributed by atoms with Gasteiger partial charge in [0.1, 0.15) is 4.92 Å². The molecule has 2 heterocycles. The van der Waals surface area contributed by atoms with Crippen LogP contribution in [0.2, 0.25) is 0 Å². The van der Waals surface area contributed by atoms with Crippen LogP contribution >= 0.6 is 11.3 Å². The molecule has 0 aliphatic rings. The van der Waals surface area contributed by atoms with E-state index in [9.17, 15) is 14.9 Å². The first-order valence-electron chi connectivity index (χ1n) is 6.92. The van der Waals surface area contributed by atoms with Crippen molar-refractivity contribution < 1.29 is 14.1 Å². The van der Waals surface area contributed by atoms with Crippen molar-refractivity contribution in [2.24, 2.45) is 0 Å². The molecule has 2 aromatic heterocycles. The molecular weight excluding hydrogens is 316 g/mol. The van der Waals surface area contributed by atoms with Crippen molar-refractivity contribution in [3.05, 3.63) is 63.2 Å². The standard InChI is InChI=1S/C16H14N2O4S/c1-16(2,13-9-10-5-3-4-6-12(10)23-13)17-15(19)11-7-8-14(22-11)18(20)21/h3-9H,1-2H3,(H,17,19). The Kier molecular flexibility index (Phi) is 3.65. The summed E-state index contributed by atoms with van der Waals surface area (Å²) in [6.07, 6.45) is 0. The van der Waals surface area contributed by atoms with Gasteiger partial charge >= 0.3 is 5.88 Å². The number of furan rings is 1. The van der Waals surface area contributed by atoms with Crippen LogP contribution in [-0.4, -0.2) is 10.8 Å². The van der Waals surface area contributed by atoms with Crippen LogP contribution in [0.25, 0.3) is 10.1 Å². The predicted molar refractivity (Wildman–Crippen MR) is 87.7 cm³/mol. The molecule has 0 aliphatic heterocycles. The second kappa shape index (κ2) is 5.51. The van der Waals surface area contributed by atoms with Gasteiger partial charge in [-0.1, -0.05) is 18.2 Å². The van der Waals surface area contributed by atoms with Crippen LogP contribution < -0.4 is 5.32 Å². The van der Waals surface area contributed by atoms with Crippen molar-refractivity contribution in [3.63, 3.8) is 0 Å². The molecule has 1 amide bonds. The summed E-state index contributed by atoms with van der Waals surface area (Å²) >= 11 is 1.60. The van der Waals surface area contributed by atoms with E-state index in [-0.39, 0.29) is 5.76 Å². The smallest absolute Gasteiger partial charge is 0.395 e. The van der Waals surface area contributed by atoms with Crippen molar-refractivity contribution in [2.45, 2.75) is 19.4 Å². The monoisotopic (exact) mass is 330 g/mol. The molecular formula is C16H14N2O4S. The summed E-state index contributed by atoms with van der Waals surface area (Å²) in [5, 5.41) is 14.6. The topological polar surface area (TPSA) is 85.4 Å². The quantitative estimate of drug-likeness (QED) is 0.577. The summed E-state index contributed by atoms with van der Waals surface area (Å²) in [6, 6.07) is 12.5. The molecule has 0 unspecified atom stereocenters. The first-order chi connectivity index (χ1) is 10.9. The zero-order valence-corrected chi connectivity index (χ0v) is 13.3. The molecule has 1 aromatic carbocycles. The minimum absolute atomic E-state index is 0.0779. The van der Waals surface area contributed by atoms with Crippen LogP contribution in [0.5, 0.6) is 0 Å². The van der Waals surface area contributed by atoms with Gasteiger partial charge in [0.2, 0.25) is 0 Å². The Labute approximate surface area is 135 Å². The van der Waals surface area contributed by atoms with Crippen LogP contribution in [-0.2, 0) is 5.54 Å². The lowest BCUT2D eigenvalue weighted by Crippen LogP contribution is -2.40. The molecule has 0 atom stereocenters. The molecule has 0 radical (unpaired) electrons. The maximum absolute atomic E-state index is 12.3. The molecule has 3 rings (SSSR count). The number of nitro groups is 1. The third kappa shape index (κ3) is 2.95. The molecule has 0 aliphatic carbocycles. The SMILES string of the molecule is CC(C)(NC(=O)c1ccc([N+](=O)[O-])o1)c1cc2ccccc2s1. The number of rotatable bonds is 4. The van der Waals surface area contributed by atoms with Gasteiger partial charge in [0.05, 0.1) is 11.6 Å². The lowest BCUT2D eigenvalue weighted by Gasteiger charge is -2.24. The lowest BCUT2D eigenvalue weighted by molar-refractivity contribution is -0.402. The molecule has 0 saturated heterocycles. The molecule has 0 saturated carbocycles. The zero-order valence-electron chi connectivity index (χ0n) is 12.5. The second-order valence-electron chi connectivity index (χ2n) is 5.62. The van der Waals surface area contributed by atoms with Gasteiger partial charge in [-0.05, 0) is 37.4 Å². The van der Waals surface area contributed by atoms with Crippen LogP contribution in [0.4, 0.5) is 5.88 Å². The van der Waals surface area contributed by atoms with E-state index in [2.05, 4.69) is 5.32 Å². The fraction of sp³-hybridized carbons (Fsp3) is 0.188. The lowest BCUT2D eigenvalue weighted by atomic mass is 10.0. The molecule has 23 heavy (non-hydrogen) atoms. The van der Waals surface area contributed by atoms with Gasteiger partial charge in [-0.3, -0.25) is 14.9 Å². The number of nitrogens with one attached hydrogen (secondary N) is 1. The first-order valence-corrected chi connectivity index (χ1v) is 7.74. The van der Waals surface area contributed by atoms with E-state index in [1.807, 2.05) is 44.2 Å². The number of hydrogen-bond acceptors (Lipinski definition) is 5. The van der Waals surface area contributed by atoms with E-state index in [0.29, 0.717) is 0 Å². The molecule has 0 bridgehead atoms. The Balaban J connectivity index is 1.84. The number of hydrogen-bond donors (Lipinski definition) is 1. The third-order valence-corrected chi connectivity index (χ3v) is 4.90. The number of carbonyl (C=O) groups excluding carboxylic acids is 1. The van der Waals surface area contributed by atoms with E-state index >= 15 is 0 Å². The second-order valence-corrected chi connectivity index (χ2v) is 6.71. The minimum atomic E-state index is -0.673. The maximum Gasteiger partial charge on any atom is 0.433 e. The van der Waals surface area contributed by atoms with Crippen molar-refractivity contribution in [1.29, 1.82) is 0 Å². The van der Waals surface area contributed by atoms with Crippen LogP contribution in [0.1, 0.15) is 29.3 Å². The number of thiophene rings is 1. The predicted octanol–water partition coefficient (Wildman–Crippen LogP) is 4.07. The average molecular weight is 330 g/mol. The minimum Gasteiger partial charge on any atom is -0.395 e. The van der Waals surface area contributed by atoms with Crippen LogP contribution in [0.15, 0.2) is 46.9 Å². The van der Waals surface area contributed by atoms with Crippen LogP contribution in [0.3, 0.4) is 0 Å². The Morgan fingerprint density at radius 1 is 1.26 bits per heavy atom. The van der Waals surface area contributed by atoms with Gasteiger partial charge in [-0.25, -0.2) is 0 Å². The molecule has 118 valence electrons. The average Bonchev–Trinajstić information content (AvgIpc) is 3.14. The molecule has 0 fully saturated rings. The highest BCUT2D eigenvalue weighted by Gasteiger charge is 2.27. The number of fused-ring (bicyclic) bond motifs is 1. The highest BCUT2D eigenvalue weighted by molar-refractivity contribution is 7.19. The summed E-state index contributed by atoms with van der Waals surface area (Å²) in [7, 11) is 0. The van der Waals surface area contributed by atoms with Gasteiger partial charge in [0, 0.05) is 9.58 Å². The maximum atomic E-state index is 12.3. The van der Waals surface area contributed by atoms with Gasteiger partial charge in [0.25, 0.3) is 5.91 Å². The molecule has 7 heteroatoms. The van der Waals surface area contributed by atoms with Crippen molar-refractivity contribution in [1.82, 2.24) is 5.32 Å². The first kappa shape index (κ1) is 15.2. The van der Waals surface area contributed by atoms with Crippen molar-refractivity contribution in [3.8, 4) is 0 Å². The Morgan fingerprint density at radius 2 is 2.00 bits per heavy atom. The summed E-state index contributed by atoms with van der Waals surface area (Å²) < 4.78 is 6.08. The Hall–Kier alpha value is -2.67. The van der Waals surface area contributed by atoms with E-state index in [1.54, 1.807) is 11.3 Å². The van der Waals surface area contributed by atoms with Crippen molar-refractivity contribution >= 4 is 33.2 Å². The number of benzene rings is 1. The van der Waals surface area contributed by atoms with Crippen LogP contribution in [0, 0.1) is 10.1 Å². The summed E-state index contributed by atoms with van der Waals surface area (Å²) in [5.41, 5.74) is -0.623. The van der Waals surface area contributed by atoms with Gasteiger partial charge in [-0.15, -0.1) is 11.3 Å². The summed E-state index contributed by atoms with van der Waals surface area (Å²) in [6.45, 7) is 3.76. The van der Waals surface area contributed by atoms with Gasteiger partial charge in [-0.2, -0.15) is 0 Å². The molecule has 0 spiro atoms. The molecule has 6 nitrogen and oxygen atoms in total. The normalized spacial score (nSPS) is 11.6. The third-order valence-electron chi connectivity index (χ3n) is 3.46. The van der Waals surface area contributed by atoms with Crippen molar-refractivity contribution in [2.75, 3.05) is 0 Å². The Bertz CT molecular complexity index is 861. The fourth-order valence-corrected chi connectivity index (χ4v) is 3.37. The van der Waals surface area contributed by atoms with E-state index in [4.69, 9.17) is 4.42 Å². The van der Waals surface area contributed by atoms with Gasteiger partial charge in [0.15, 0.2) is 5.76 Å². The van der Waals surface area contributed by atoms with E-state index in [0.717, 1.165) is 15.0 Å². The largest absolute Gasteiger partial charge is 0.433 e. The Morgan fingerprint density at radius 3 is 2.65 bits per heavy atom. The summed E-state index contributed by atoms with van der Waals surface area (Å²) in [4.78, 5) is 23.2. The summed E-state index contributed by atoms with van der Waals surface area (Å²) in [5.74, 6) is -1.01. The number of amides is 1. The highest BCUT2D eigenvalue weighted by atomic mass is 32.1. The number of nitrogens with zero attached hydrogens (tertiary/aromatic N) is 1. The number of carbonyl (C=O) groups is 1.